The maximum atomic E-state index is 13.7. The lowest BCUT2D eigenvalue weighted by Gasteiger charge is -2.27. The quantitative estimate of drug-likeness (QED) is 0.587. The summed E-state index contributed by atoms with van der Waals surface area (Å²) in [6.07, 6.45) is 0.123. The van der Waals surface area contributed by atoms with Gasteiger partial charge in [0.05, 0.1) is 5.15 Å². The molecule has 0 spiro atoms. The number of rotatable bonds is 3. The summed E-state index contributed by atoms with van der Waals surface area (Å²) in [4.78, 5) is 11.2. The molecule has 0 fully saturated rings. The molecule has 3 rings (SSSR count). The lowest BCUT2D eigenvalue weighted by molar-refractivity contribution is 0.0690. The number of halogens is 1. The topological polar surface area (TPSA) is 139 Å². The lowest BCUT2D eigenvalue weighted by atomic mass is 9.77. The molecule has 8 nitrogen and oxygen atoms in total. The fourth-order valence-corrected chi connectivity index (χ4v) is 4.11. The van der Waals surface area contributed by atoms with E-state index in [2.05, 4.69) is 10.2 Å². The Morgan fingerprint density at radius 1 is 1.57 bits per heavy atom. The molecule has 0 bridgehead atoms. The molecule has 0 radical (unpaired) electrons. The average molecular weight is 357 g/mol. The third kappa shape index (κ3) is 2.92. The van der Waals surface area contributed by atoms with Crippen LogP contribution in [-0.2, 0) is 6.42 Å². The van der Waals surface area contributed by atoms with Crippen molar-refractivity contribution in [3.05, 3.63) is 23.0 Å². The Hall–Kier alpha value is -2.05. The standard InChI is InChI=1S/C11H9BFN3O5S2/c13-4-1-3-2-5(22-11-16-15-10(14)23-11)12(20)21-8(3)6(7(4)17)9(18)19/h1,5,17,20H,2H2,(H2,14,15)(H,18,19). The van der Waals surface area contributed by atoms with Crippen molar-refractivity contribution in [2.45, 2.75) is 15.9 Å². The zero-order chi connectivity index (χ0) is 16.7. The molecule has 1 aliphatic heterocycles. The van der Waals surface area contributed by atoms with E-state index in [4.69, 9.17) is 15.5 Å². The normalized spacial score (nSPS) is 16.8. The largest absolute Gasteiger partial charge is 0.537 e. The predicted octanol–water partition coefficient (Wildman–Crippen LogP) is 0.779. The van der Waals surface area contributed by atoms with Gasteiger partial charge in [0.2, 0.25) is 5.13 Å². The second-order valence-electron chi connectivity index (χ2n) is 4.65. The van der Waals surface area contributed by atoms with Gasteiger partial charge in [-0.1, -0.05) is 23.1 Å². The van der Waals surface area contributed by atoms with Crippen molar-refractivity contribution in [2.75, 3.05) is 5.73 Å². The number of nitrogens with two attached hydrogens (primary N) is 1. The highest BCUT2D eigenvalue weighted by Gasteiger charge is 2.40. The number of nitrogens with zero attached hydrogens (tertiary/aromatic N) is 2. The van der Waals surface area contributed by atoms with Gasteiger partial charge in [0, 0.05) is 0 Å². The third-order valence-corrected chi connectivity index (χ3v) is 5.22. The van der Waals surface area contributed by atoms with Crippen LogP contribution in [0.1, 0.15) is 15.9 Å². The fourth-order valence-electron chi connectivity index (χ4n) is 2.17. The molecule has 5 N–H and O–H groups in total. The van der Waals surface area contributed by atoms with Gasteiger partial charge in [-0.05, 0) is 18.1 Å². The van der Waals surface area contributed by atoms with Crippen LogP contribution < -0.4 is 10.4 Å². The summed E-state index contributed by atoms with van der Waals surface area (Å²) < 4.78 is 19.4. The van der Waals surface area contributed by atoms with Crippen LogP contribution >= 0.6 is 23.1 Å². The van der Waals surface area contributed by atoms with E-state index < -0.39 is 35.4 Å². The number of hydrogen-bond acceptors (Lipinski definition) is 9. The Bertz CT molecular complexity index is 789. The first-order valence-electron chi connectivity index (χ1n) is 6.24. The second kappa shape index (κ2) is 5.87. The molecule has 23 heavy (non-hydrogen) atoms. The summed E-state index contributed by atoms with van der Waals surface area (Å²) in [5.74, 6) is -3.87. The van der Waals surface area contributed by atoms with E-state index in [1.807, 2.05) is 0 Å². The van der Waals surface area contributed by atoms with E-state index in [-0.39, 0.29) is 22.9 Å². The fraction of sp³-hybridized carbons (Fsp3) is 0.182. The third-order valence-electron chi connectivity index (χ3n) is 3.15. The van der Waals surface area contributed by atoms with Crippen molar-refractivity contribution in [1.82, 2.24) is 10.2 Å². The minimum atomic E-state index is -1.55. The van der Waals surface area contributed by atoms with Crippen LogP contribution in [0.5, 0.6) is 11.5 Å². The Labute approximate surface area is 137 Å². The van der Waals surface area contributed by atoms with E-state index in [0.717, 1.165) is 29.2 Å². The Kier molecular flexibility index (Phi) is 4.04. The summed E-state index contributed by atoms with van der Waals surface area (Å²) in [6.45, 7) is 0. The summed E-state index contributed by atoms with van der Waals surface area (Å²) in [7, 11) is -1.36. The Morgan fingerprint density at radius 2 is 2.30 bits per heavy atom. The highest BCUT2D eigenvalue weighted by molar-refractivity contribution is 8.02. The number of benzene rings is 1. The van der Waals surface area contributed by atoms with Crippen molar-refractivity contribution in [3.8, 4) is 11.5 Å². The SMILES string of the molecule is Nc1nnc(SC2Cc3cc(F)c(O)c(C(=O)O)c3OB2O)s1. The van der Waals surface area contributed by atoms with E-state index in [0.29, 0.717) is 4.34 Å². The van der Waals surface area contributed by atoms with Crippen LogP contribution in [0.2, 0.25) is 0 Å². The summed E-state index contributed by atoms with van der Waals surface area (Å²) in [5, 5.41) is 35.9. The number of phenols is 1. The van der Waals surface area contributed by atoms with E-state index in [1.54, 1.807) is 0 Å². The highest BCUT2D eigenvalue weighted by Crippen LogP contribution is 2.41. The molecule has 120 valence electrons. The van der Waals surface area contributed by atoms with Crippen LogP contribution in [0.15, 0.2) is 10.4 Å². The smallest absolute Gasteiger partial charge is 0.534 e. The predicted molar refractivity (Wildman–Crippen MR) is 81.3 cm³/mol. The number of carboxylic acids is 1. The monoisotopic (exact) mass is 357 g/mol. The van der Waals surface area contributed by atoms with Gasteiger partial charge in [0.15, 0.2) is 15.9 Å². The molecule has 2 heterocycles. The van der Waals surface area contributed by atoms with E-state index >= 15 is 0 Å². The first kappa shape index (κ1) is 15.8. The van der Waals surface area contributed by atoms with Crippen LogP contribution in [-0.4, -0.2) is 43.7 Å². The van der Waals surface area contributed by atoms with Crippen molar-refractivity contribution >= 4 is 41.3 Å². The van der Waals surface area contributed by atoms with Crippen LogP contribution in [0.3, 0.4) is 0 Å². The number of carboxylic acid groups (broad SMARTS) is 1. The first-order chi connectivity index (χ1) is 10.9. The minimum absolute atomic E-state index is 0.123. The number of nitrogen functional groups attached to an aromatic ring is 1. The Balaban J connectivity index is 1.95. The molecule has 2 aromatic rings. The lowest BCUT2D eigenvalue weighted by Crippen LogP contribution is -2.40. The molecule has 0 saturated carbocycles. The first-order valence-corrected chi connectivity index (χ1v) is 7.94. The van der Waals surface area contributed by atoms with Gasteiger partial charge in [-0.2, -0.15) is 0 Å². The number of aromatic nitrogens is 2. The Morgan fingerprint density at radius 3 is 2.91 bits per heavy atom. The molecular weight excluding hydrogens is 348 g/mol. The van der Waals surface area contributed by atoms with Gasteiger partial charge in [-0.3, -0.25) is 0 Å². The number of thioether (sulfide) groups is 1. The minimum Gasteiger partial charge on any atom is -0.534 e. The molecular formula is C11H9BFN3O5S2. The summed E-state index contributed by atoms with van der Waals surface area (Å²) in [5.41, 5.74) is 5.01. The van der Waals surface area contributed by atoms with Gasteiger partial charge in [0.1, 0.15) is 11.3 Å². The van der Waals surface area contributed by atoms with Crippen LogP contribution in [0, 0.1) is 5.82 Å². The summed E-state index contributed by atoms with van der Waals surface area (Å²) >= 11 is 2.26. The van der Waals surface area contributed by atoms with Crippen LogP contribution in [0.4, 0.5) is 9.52 Å². The molecule has 1 aromatic heterocycles. The maximum Gasteiger partial charge on any atom is 0.537 e. The van der Waals surface area contributed by atoms with Gasteiger partial charge >= 0.3 is 13.1 Å². The van der Waals surface area contributed by atoms with E-state index in [1.165, 1.54) is 0 Å². The van der Waals surface area contributed by atoms with E-state index in [9.17, 15) is 19.3 Å². The highest BCUT2D eigenvalue weighted by atomic mass is 32.2. The van der Waals surface area contributed by atoms with Crippen molar-refractivity contribution < 1.29 is 29.1 Å². The van der Waals surface area contributed by atoms with Gasteiger partial charge < -0.3 is 25.6 Å². The molecule has 1 aromatic carbocycles. The number of hydrogen-bond donors (Lipinski definition) is 4. The van der Waals surface area contributed by atoms with Gasteiger partial charge in [-0.15, -0.1) is 10.2 Å². The zero-order valence-electron chi connectivity index (χ0n) is 11.3. The molecule has 1 aliphatic rings. The second-order valence-corrected chi connectivity index (χ2v) is 7.15. The van der Waals surface area contributed by atoms with Gasteiger partial charge in [-0.25, -0.2) is 9.18 Å². The molecule has 1 unspecified atom stereocenters. The number of carbonyl (C=O) groups is 1. The van der Waals surface area contributed by atoms with Crippen molar-refractivity contribution in [1.29, 1.82) is 0 Å². The molecule has 12 heteroatoms. The molecule has 0 amide bonds. The van der Waals surface area contributed by atoms with Crippen molar-refractivity contribution in [2.24, 2.45) is 0 Å². The average Bonchev–Trinajstić information content (AvgIpc) is 2.87. The molecule has 1 atom stereocenters. The number of anilines is 1. The molecule has 0 saturated heterocycles. The number of aromatic hydroxyl groups is 1. The van der Waals surface area contributed by atoms with Crippen molar-refractivity contribution in [3.63, 3.8) is 0 Å². The van der Waals surface area contributed by atoms with Gasteiger partial charge in [0.25, 0.3) is 0 Å². The summed E-state index contributed by atoms with van der Waals surface area (Å²) in [6, 6.07) is 0.991. The zero-order valence-corrected chi connectivity index (χ0v) is 12.9. The number of fused-ring (bicyclic) bond motifs is 1. The van der Waals surface area contributed by atoms with Crippen LogP contribution in [0.25, 0.3) is 0 Å². The maximum absolute atomic E-state index is 13.7. The molecule has 0 aliphatic carbocycles. The number of aromatic carboxylic acids is 1.